The summed E-state index contributed by atoms with van der Waals surface area (Å²) >= 11 is 0. The van der Waals surface area contributed by atoms with Gasteiger partial charge in [0.1, 0.15) is 0 Å². The van der Waals surface area contributed by atoms with Crippen molar-refractivity contribution in [3.05, 3.63) is 0 Å². The second-order valence-corrected chi connectivity index (χ2v) is 5.13. The van der Waals surface area contributed by atoms with Crippen LogP contribution in [-0.4, -0.2) is 73.6 Å². The fourth-order valence-electron chi connectivity index (χ4n) is 2.54. The van der Waals surface area contributed by atoms with Crippen molar-refractivity contribution in [2.75, 3.05) is 45.9 Å². The molecule has 6 heteroatoms. The predicted molar refractivity (Wildman–Crippen MR) is 70.7 cm³/mol. The van der Waals surface area contributed by atoms with E-state index in [1.54, 1.807) is 4.90 Å². The van der Waals surface area contributed by atoms with Crippen LogP contribution in [0.4, 0.5) is 0 Å². The molecule has 1 N–H and O–H groups in total. The summed E-state index contributed by atoms with van der Waals surface area (Å²) in [6, 6.07) is 0.222. The van der Waals surface area contributed by atoms with Gasteiger partial charge in [0.2, 0.25) is 11.8 Å². The first-order valence-electron chi connectivity index (χ1n) is 7.04. The van der Waals surface area contributed by atoms with E-state index in [-0.39, 0.29) is 17.9 Å². The summed E-state index contributed by atoms with van der Waals surface area (Å²) in [5.74, 6) is 0.162. The second-order valence-electron chi connectivity index (χ2n) is 5.13. The zero-order valence-corrected chi connectivity index (χ0v) is 11.6. The Bertz CT molecular complexity index is 329. The number of hydrogen-bond acceptors (Lipinski definition) is 4. The van der Waals surface area contributed by atoms with Gasteiger partial charge in [-0.2, -0.15) is 0 Å². The molecule has 2 amide bonds. The highest BCUT2D eigenvalue weighted by Crippen LogP contribution is 2.08. The van der Waals surface area contributed by atoms with Crippen LogP contribution < -0.4 is 5.32 Å². The average molecular weight is 269 g/mol. The Morgan fingerprint density at radius 1 is 1.16 bits per heavy atom. The first kappa shape index (κ1) is 14.3. The van der Waals surface area contributed by atoms with Crippen molar-refractivity contribution in [1.29, 1.82) is 0 Å². The number of amides is 2. The van der Waals surface area contributed by atoms with Crippen LogP contribution in [0, 0.1) is 0 Å². The van der Waals surface area contributed by atoms with E-state index < -0.39 is 0 Å². The summed E-state index contributed by atoms with van der Waals surface area (Å²) in [6.45, 7) is 6.97. The molecule has 2 aliphatic heterocycles. The lowest BCUT2D eigenvalue weighted by Gasteiger charge is -2.34. The smallest absolute Gasteiger partial charge is 0.223 e. The van der Waals surface area contributed by atoms with Crippen molar-refractivity contribution in [3.63, 3.8) is 0 Å². The Labute approximate surface area is 114 Å². The highest BCUT2D eigenvalue weighted by Gasteiger charge is 2.24. The maximum absolute atomic E-state index is 12.1. The van der Waals surface area contributed by atoms with Crippen LogP contribution in [0.5, 0.6) is 0 Å². The quantitative estimate of drug-likeness (QED) is 0.746. The highest BCUT2D eigenvalue weighted by atomic mass is 16.5. The normalized spacial score (nSPS) is 24.4. The van der Waals surface area contributed by atoms with Crippen LogP contribution in [0.25, 0.3) is 0 Å². The Kier molecular flexibility index (Phi) is 5.15. The first-order chi connectivity index (χ1) is 9.18. The number of nitrogens with zero attached hydrogens (tertiary/aromatic N) is 2. The van der Waals surface area contributed by atoms with Gasteiger partial charge in [0, 0.05) is 51.6 Å². The molecule has 2 rings (SSSR count). The van der Waals surface area contributed by atoms with Gasteiger partial charge in [-0.15, -0.1) is 0 Å². The number of morpholine rings is 1. The maximum Gasteiger partial charge on any atom is 0.223 e. The Morgan fingerprint density at radius 2 is 1.84 bits per heavy atom. The molecule has 0 aliphatic carbocycles. The van der Waals surface area contributed by atoms with E-state index in [0.29, 0.717) is 39.1 Å². The summed E-state index contributed by atoms with van der Waals surface area (Å²) in [7, 11) is 0. The summed E-state index contributed by atoms with van der Waals surface area (Å²) in [5, 5.41) is 3.25. The summed E-state index contributed by atoms with van der Waals surface area (Å²) < 4.78 is 5.21. The average Bonchev–Trinajstić information content (AvgIpc) is 2.46. The van der Waals surface area contributed by atoms with E-state index in [2.05, 4.69) is 5.32 Å². The molecule has 0 radical (unpaired) electrons. The molecule has 0 bridgehead atoms. The number of carbonyl (C=O) groups excluding carboxylic acids is 2. The van der Waals surface area contributed by atoms with Crippen LogP contribution in [0.15, 0.2) is 0 Å². The van der Waals surface area contributed by atoms with Gasteiger partial charge in [-0.05, 0) is 6.92 Å². The van der Waals surface area contributed by atoms with Crippen molar-refractivity contribution < 1.29 is 14.3 Å². The number of hydrogen-bond donors (Lipinski definition) is 1. The standard InChI is InChI=1S/C13H23N3O3/c1-11-10-14-4-5-16(11)13(18)3-2-12(17)15-6-8-19-9-7-15/h11,14H,2-10H2,1H3/t11-/m0/s1. The van der Waals surface area contributed by atoms with E-state index in [0.717, 1.165) is 19.6 Å². The van der Waals surface area contributed by atoms with Gasteiger partial charge in [-0.25, -0.2) is 0 Å². The predicted octanol–water partition coefficient (Wildman–Crippen LogP) is -0.554. The monoisotopic (exact) mass is 269 g/mol. The minimum Gasteiger partial charge on any atom is -0.378 e. The molecule has 0 aromatic heterocycles. The molecule has 0 saturated carbocycles. The van der Waals surface area contributed by atoms with Crippen LogP contribution in [0.1, 0.15) is 19.8 Å². The SMILES string of the molecule is C[C@H]1CNCCN1C(=O)CCC(=O)N1CCOCC1. The van der Waals surface area contributed by atoms with Gasteiger partial charge in [0.15, 0.2) is 0 Å². The van der Waals surface area contributed by atoms with Crippen LogP contribution in [0.2, 0.25) is 0 Å². The van der Waals surface area contributed by atoms with Crippen molar-refractivity contribution >= 4 is 11.8 Å². The molecule has 0 spiro atoms. The van der Waals surface area contributed by atoms with Crippen LogP contribution in [-0.2, 0) is 14.3 Å². The van der Waals surface area contributed by atoms with Gasteiger partial charge >= 0.3 is 0 Å². The molecular formula is C13H23N3O3. The molecule has 0 aromatic carbocycles. The topological polar surface area (TPSA) is 61.9 Å². The lowest BCUT2D eigenvalue weighted by Crippen LogP contribution is -2.52. The molecule has 2 fully saturated rings. The zero-order valence-electron chi connectivity index (χ0n) is 11.6. The number of piperazine rings is 1. The number of rotatable bonds is 3. The van der Waals surface area contributed by atoms with E-state index in [9.17, 15) is 9.59 Å². The van der Waals surface area contributed by atoms with E-state index >= 15 is 0 Å². The van der Waals surface area contributed by atoms with E-state index in [1.807, 2.05) is 11.8 Å². The van der Waals surface area contributed by atoms with Crippen molar-refractivity contribution in [1.82, 2.24) is 15.1 Å². The van der Waals surface area contributed by atoms with Gasteiger partial charge < -0.3 is 19.9 Å². The van der Waals surface area contributed by atoms with Gasteiger partial charge in [0.05, 0.1) is 13.2 Å². The summed E-state index contributed by atoms with van der Waals surface area (Å²) in [6.07, 6.45) is 0.635. The summed E-state index contributed by atoms with van der Waals surface area (Å²) in [5.41, 5.74) is 0. The minimum atomic E-state index is 0.0689. The lowest BCUT2D eigenvalue weighted by atomic mass is 10.1. The largest absolute Gasteiger partial charge is 0.378 e. The van der Waals surface area contributed by atoms with Crippen molar-refractivity contribution in [2.24, 2.45) is 0 Å². The fraction of sp³-hybridized carbons (Fsp3) is 0.846. The highest BCUT2D eigenvalue weighted by molar-refractivity contribution is 5.84. The minimum absolute atomic E-state index is 0.0689. The van der Waals surface area contributed by atoms with Crippen LogP contribution >= 0.6 is 0 Å². The molecule has 108 valence electrons. The maximum atomic E-state index is 12.1. The molecule has 0 aromatic rings. The number of nitrogens with one attached hydrogen (secondary N) is 1. The van der Waals surface area contributed by atoms with Gasteiger partial charge in [-0.3, -0.25) is 9.59 Å². The first-order valence-corrected chi connectivity index (χ1v) is 7.04. The Morgan fingerprint density at radius 3 is 2.53 bits per heavy atom. The number of carbonyl (C=O) groups is 2. The second kappa shape index (κ2) is 6.86. The molecule has 6 nitrogen and oxygen atoms in total. The molecule has 2 aliphatic rings. The summed E-state index contributed by atoms with van der Waals surface area (Å²) in [4.78, 5) is 27.7. The third-order valence-corrected chi connectivity index (χ3v) is 3.74. The number of ether oxygens (including phenoxy) is 1. The van der Waals surface area contributed by atoms with Crippen molar-refractivity contribution in [2.45, 2.75) is 25.8 Å². The zero-order chi connectivity index (χ0) is 13.7. The molecule has 0 unspecified atom stereocenters. The van der Waals surface area contributed by atoms with Crippen LogP contribution in [0.3, 0.4) is 0 Å². The lowest BCUT2D eigenvalue weighted by molar-refractivity contribution is -0.140. The molecule has 19 heavy (non-hydrogen) atoms. The molecule has 2 heterocycles. The van der Waals surface area contributed by atoms with Gasteiger partial charge in [-0.1, -0.05) is 0 Å². The Hall–Kier alpha value is -1.14. The van der Waals surface area contributed by atoms with E-state index in [1.165, 1.54) is 0 Å². The van der Waals surface area contributed by atoms with Crippen molar-refractivity contribution in [3.8, 4) is 0 Å². The fourth-order valence-corrected chi connectivity index (χ4v) is 2.54. The third-order valence-electron chi connectivity index (χ3n) is 3.74. The molecular weight excluding hydrogens is 246 g/mol. The third kappa shape index (κ3) is 3.91. The van der Waals surface area contributed by atoms with Gasteiger partial charge in [0.25, 0.3) is 0 Å². The molecule has 2 saturated heterocycles. The van der Waals surface area contributed by atoms with E-state index in [4.69, 9.17) is 4.74 Å². The Balaban J connectivity index is 1.74. The molecule has 1 atom stereocenters.